The summed E-state index contributed by atoms with van der Waals surface area (Å²) in [5.74, 6) is -0.370. The molecule has 0 saturated heterocycles. The Morgan fingerprint density at radius 2 is 2.10 bits per heavy atom. The van der Waals surface area contributed by atoms with E-state index < -0.39 is 0 Å². The lowest BCUT2D eigenvalue weighted by Gasteiger charge is -2.19. The maximum atomic E-state index is 13.6. The summed E-state index contributed by atoms with van der Waals surface area (Å²) in [7, 11) is 0. The summed E-state index contributed by atoms with van der Waals surface area (Å²) in [4.78, 5) is 4.34. The van der Waals surface area contributed by atoms with Crippen molar-refractivity contribution < 1.29 is 4.39 Å². The first-order chi connectivity index (χ1) is 10.1. The van der Waals surface area contributed by atoms with E-state index in [1.807, 2.05) is 25.3 Å². The number of hydrogen-bond acceptors (Lipinski definition) is 2. The van der Waals surface area contributed by atoms with Crippen molar-refractivity contribution in [3.8, 4) is 0 Å². The smallest absolute Gasteiger partial charge is 0.142 e. The Hall–Kier alpha value is -1.45. The number of aromatic nitrogens is 1. The van der Waals surface area contributed by atoms with E-state index in [0.29, 0.717) is 6.42 Å². The molecule has 0 aliphatic heterocycles. The van der Waals surface area contributed by atoms with Gasteiger partial charge in [-0.25, -0.2) is 4.39 Å². The summed E-state index contributed by atoms with van der Waals surface area (Å²) < 4.78 is 13.6. The molecule has 0 amide bonds. The number of aryl methyl sites for hydroxylation is 1. The number of nitrogens with zero attached hydrogens (tertiary/aromatic N) is 1. The predicted molar refractivity (Wildman–Crippen MR) is 85.1 cm³/mol. The van der Waals surface area contributed by atoms with Gasteiger partial charge < -0.3 is 5.32 Å². The number of hydrogen-bond donors (Lipinski definition) is 1. The Balaban J connectivity index is 2.23. The van der Waals surface area contributed by atoms with Gasteiger partial charge in [0.15, 0.2) is 0 Å². The lowest BCUT2D eigenvalue weighted by atomic mass is 9.99. The van der Waals surface area contributed by atoms with E-state index in [2.05, 4.69) is 23.3 Å². The summed E-state index contributed by atoms with van der Waals surface area (Å²) in [5.41, 5.74) is 2.89. The first-order valence-corrected chi connectivity index (χ1v) is 7.58. The van der Waals surface area contributed by atoms with Gasteiger partial charge in [-0.15, -0.1) is 0 Å². The van der Waals surface area contributed by atoms with Crippen LogP contribution in [0, 0.1) is 12.7 Å². The van der Waals surface area contributed by atoms with Crippen LogP contribution >= 0.6 is 11.6 Å². The van der Waals surface area contributed by atoms with Crippen molar-refractivity contribution in [2.75, 3.05) is 6.54 Å². The lowest BCUT2D eigenvalue weighted by molar-refractivity contribution is 0.526. The van der Waals surface area contributed by atoms with E-state index in [1.165, 1.54) is 6.07 Å². The molecule has 0 bridgehead atoms. The maximum absolute atomic E-state index is 13.6. The van der Waals surface area contributed by atoms with E-state index in [9.17, 15) is 4.39 Å². The second-order valence-electron chi connectivity index (χ2n) is 5.16. The van der Waals surface area contributed by atoms with Crippen LogP contribution in [0.5, 0.6) is 0 Å². The average Bonchev–Trinajstić information content (AvgIpc) is 2.49. The molecule has 0 saturated carbocycles. The van der Waals surface area contributed by atoms with Crippen molar-refractivity contribution in [1.29, 1.82) is 0 Å². The van der Waals surface area contributed by atoms with Crippen LogP contribution in [0.15, 0.2) is 36.5 Å². The third kappa shape index (κ3) is 4.26. The fourth-order valence-corrected chi connectivity index (χ4v) is 2.44. The number of benzene rings is 1. The number of pyridine rings is 1. The third-order valence-electron chi connectivity index (χ3n) is 3.43. The van der Waals surface area contributed by atoms with E-state index in [0.717, 1.165) is 29.8 Å². The highest BCUT2D eigenvalue weighted by Gasteiger charge is 2.15. The molecule has 0 fully saturated rings. The summed E-state index contributed by atoms with van der Waals surface area (Å²) in [6, 6.07) is 9.08. The highest BCUT2D eigenvalue weighted by molar-refractivity contribution is 6.31. The molecule has 1 aromatic heterocycles. The Kier molecular flexibility index (Phi) is 5.71. The van der Waals surface area contributed by atoms with Gasteiger partial charge in [0.1, 0.15) is 5.82 Å². The Morgan fingerprint density at radius 1 is 1.29 bits per heavy atom. The van der Waals surface area contributed by atoms with Crippen LogP contribution in [-0.2, 0) is 6.42 Å². The summed E-state index contributed by atoms with van der Waals surface area (Å²) in [6.45, 7) is 4.97. The minimum absolute atomic E-state index is 0.0809. The Labute approximate surface area is 130 Å². The molecule has 0 radical (unpaired) electrons. The molecule has 1 atom stereocenters. The molecule has 1 aromatic carbocycles. The molecule has 0 aliphatic rings. The zero-order valence-electron chi connectivity index (χ0n) is 12.4. The van der Waals surface area contributed by atoms with Crippen molar-refractivity contribution >= 4 is 11.6 Å². The Morgan fingerprint density at radius 3 is 2.76 bits per heavy atom. The molecular formula is C17H20ClFN2. The van der Waals surface area contributed by atoms with Crippen LogP contribution in [0.25, 0.3) is 0 Å². The van der Waals surface area contributed by atoms with Crippen LogP contribution in [0.2, 0.25) is 5.02 Å². The quantitative estimate of drug-likeness (QED) is 0.852. The van der Waals surface area contributed by atoms with E-state index in [-0.39, 0.29) is 16.9 Å². The van der Waals surface area contributed by atoms with E-state index >= 15 is 0 Å². The van der Waals surface area contributed by atoms with Gasteiger partial charge in [0, 0.05) is 17.9 Å². The minimum Gasteiger partial charge on any atom is -0.310 e. The van der Waals surface area contributed by atoms with Gasteiger partial charge in [0.2, 0.25) is 0 Å². The van der Waals surface area contributed by atoms with E-state index in [1.54, 1.807) is 6.07 Å². The van der Waals surface area contributed by atoms with Crippen molar-refractivity contribution in [2.24, 2.45) is 0 Å². The fourth-order valence-electron chi connectivity index (χ4n) is 2.24. The van der Waals surface area contributed by atoms with Crippen molar-refractivity contribution in [3.05, 3.63) is 64.2 Å². The first-order valence-electron chi connectivity index (χ1n) is 7.20. The van der Waals surface area contributed by atoms with Gasteiger partial charge in [0.05, 0.1) is 5.02 Å². The van der Waals surface area contributed by atoms with Crippen molar-refractivity contribution in [3.63, 3.8) is 0 Å². The Bertz CT molecular complexity index is 584. The topological polar surface area (TPSA) is 24.9 Å². The van der Waals surface area contributed by atoms with Crippen LogP contribution in [0.4, 0.5) is 4.39 Å². The molecule has 2 rings (SSSR count). The summed E-state index contributed by atoms with van der Waals surface area (Å²) >= 11 is 6.07. The predicted octanol–water partition coefficient (Wildman–Crippen LogP) is 4.47. The maximum Gasteiger partial charge on any atom is 0.142 e. The highest BCUT2D eigenvalue weighted by Crippen LogP contribution is 2.25. The molecule has 1 heterocycles. The van der Waals surface area contributed by atoms with E-state index in [4.69, 9.17) is 11.6 Å². The molecule has 112 valence electrons. The van der Waals surface area contributed by atoms with Crippen LogP contribution in [0.1, 0.15) is 36.2 Å². The zero-order valence-corrected chi connectivity index (χ0v) is 13.1. The minimum atomic E-state index is -0.370. The molecule has 2 nitrogen and oxygen atoms in total. The van der Waals surface area contributed by atoms with Gasteiger partial charge in [0.25, 0.3) is 0 Å². The zero-order chi connectivity index (χ0) is 15.2. The van der Waals surface area contributed by atoms with Gasteiger partial charge in [-0.1, -0.05) is 36.7 Å². The number of nitrogens with one attached hydrogen (secondary N) is 1. The number of rotatable bonds is 6. The van der Waals surface area contributed by atoms with Crippen LogP contribution < -0.4 is 5.32 Å². The van der Waals surface area contributed by atoms with Crippen molar-refractivity contribution in [2.45, 2.75) is 32.7 Å². The normalized spacial score (nSPS) is 12.4. The largest absolute Gasteiger partial charge is 0.310 e. The second kappa shape index (κ2) is 7.53. The summed E-state index contributed by atoms with van der Waals surface area (Å²) in [5, 5.41) is 3.69. The lowest BCUT2D eigenvalue weighted by Crippen LogP contribution is -2.24. The van der Waals surface area contributed by atoms with Crippen molar-refractivity contribution in [1.82, 2.24) is 10.3 Å². The molecule has 1 N–H and O–H groups in total. The summed E-state index contributed by atoms with van der Waals surface area (Å²) in [6.07, 6.45) is 3.55. The van der Waals surface area contributed by atoms with Gasteiger partial charge in [-0.3, -0.25) is 4.98 Å². The molecule has 21 heavy (non-hydrogen) atoms. The van der Waals surface area contributed by atoms with Gasteiger partial charge >= 0.3 is 0 Å². The highest BCUT2D eigenvalue weighted by atomic mass is 35.5. The SMILES string of the molecule is CCCNC(Cc1cccc(F)c1Cl)c1ccc(C)nc1. The molecule has 1 unspecified atom stereocenters. The molecule has 0 aliphatic carbocycles. The third-order valence-corrected chi connectivity index (χ3v) is 3.86. The molecule has 0 spiro atoms. The monoisotopic (exact) mass is 306 g/mol. The van der Waals surface area contributed by atoms with Gasteiger partial charge in [-0.2, -0.15) is 0 Å². The molecule has 4 heteroatoms. The molecular weight excluding hydrogens is 287 g/mol. The first kappa shape index (κ1) is 15.9. The number of halogens is 2. The standard InChI is InChI=1S/C17H20ClFN2/c1-3-9-20-16(14-8-7-12(2)21-11-14)10-13-5-4-6-15(19)17(13)18/h4-8,11,16,20H,3,9-10H2,1-2H3. The van der Waals surface area contributed by atoms with Crippen LogP contribution in [-0.4, -0.2) is 11.5 Å². The molecule has 2 aromatic rings. The second-order valence-corrected chi connectivity index (χ2v) is 5.53. The fraction of sp³-hybridized carbons (Fsp3) is 0.353. The van der Waals surface area contributed by atoms with Crippen LogP contribution in [0.3, 0.4) is 0 Å². The van der Waals surface area contributed by atoms with Gasteiger partial charge in [-0.05, 0) is 49.6 Å². The average molecular weight is 307 g/mol.